The van der Waals surface area contributed by atoms with Crippen molar-refractivity contribution in [3.8, 4) is 0 Å². The summed E-state index contributed by atoms with van der Waals surface area (Å²) in [5.74, 6) is 0.485. The van der Waals surface area contributed by atoms with Gasteiger partial charge in [-0.1, -0.05) is 47.6 Å². The maximum Gasteiger partial charge on any atom is 0.236 e. The van der Waals surface area contributed by atoms with E-state index >= 15 is 0 Å². The Hall–Kier alpha value is -3.16. The molecule has 0 aliphatic heterocycles. The van der Waals surface area contributed by atoms with E-state index in [9.17, 15) is 4.79 Å². The molecule has 0 aliphatic carbocycles. The Kier molecular flexibility index (Phi) is 4.54. The molecular weight excluding hydrogens is 406 g/mol. The van der Waals surface area contributed by atoms with Gasteiger partial charge in [-0.15, -0.1) is 0 Å². The van der Waals surface area contributed by atoms with E-state index in [1.807, 2.05) is 52.9 Å². The van der Waals surface area contributed by atoms with Crippen molar-refractivity contribution in [2.24, 2.45) is 0 Å². The van der Waals surface area contributed by atoms with Crippen LogP contribution in [0.25, 0.3) is 27.6 Å². The number of hydrogen-bond acceptors (Lipinski definition) is 5. The monoisotopic (exact) mass is 419 g/mol. The molecule has 0 atom stereocenters. The first kappa shape index (κ1) is 17.9. The molecule has 0 spiro atoms. The molecule has 0 bridgehead atoms. The lowest BCUT2D eigenvalue weighted by Gasteiger charge is -2.08. The molecular formula is C21H14ClN5OS. The number of para-hydroxylation sites is 3. The first-order chi connectivity index (χ1) is 14.2. The van der Waals surface area contributed by atoms with Gasteiger partial charge < -0.3 is 5.32 Å². The standard InChI is InChI=1S/C21H14ClN5OS/c22-13-9-10-18(23-11-13)26-19(28)12-29-21-25-15-6-2-1-5-14(15)20-24-16-7-3-4-8-17(16)27(20)21/h1-11H,12H2,(H,23,26,28). The van der Waals surface area contributed by atoms with Gasteiger partial charge in [0.15, 0.2) is 5.16 Å². The number of anilines is 1. The minimum atomic E-state index is -0.169. The topological polar surface area (TPSA) is 72.2 Å². The molecule has 0 aliphatic rings. The van der Waals surface area contributed by atoms with Gasteiger partial charge in [0.05, 0.1) is 27.3 Å². The first-order valence-corrected chi connectivity index (χ1v) is 10.3. The van der Waals surface area contributed by atoms with Gasteiger partial charge in [-0.25, -0.2) is 15.0 Å². The third kappa shape index (κ3) is 3.39. The van der Waals surface area contributed by atoms with Crippen LogP contribution in [0, 0.1) is 0 Å². The van der Waals surface area contributed by atoms with Crippen LogP contribution >= 0.6 is 23.4 Å². The molecule has 1 amide bonds. The molecule has 3 aromatic heterocycles. The number of halogens is 1. The molecule has 3 heterocycles. The molecule has 29 heavy (non-hydrogen) atoms. The van der Waals surface area contributed by atoms with Crippen molar-refractivity contribution in [1.29, 1.82) is 0 Å². The Bertz CT molecular complexity index is 1370. The molecule has 0 radical (unpaired) electrons. The molecule has 142 valence electrons. The van der Waals surface area contributed by atoms with Crippen molar-refractivity contribution in [2.75, 3.05) is 11.1 Å². The second-order valence-corrected chi connectivity index (χ2v) is 7.75. The van der Waals surface area contributed by atoms with Crippen LogP contribution in [-0.2, 0) is 4.79 Å². The zero-order valence-corrected chi connectivity index (χ0v) is 16.6. The van der Waals surface area contributed by atoms with Gasteiger partial charge in [0, 0.05) is 11.6 Å². The van der Waals surface area contributed by atoms with Crippen LogP contribution in [0.15, 0.2) is 72.0 Å². The number of rotatable bonds is 4. The number of hydrogen-bond donors (Lipinski definition) is 1. The van der Waals surface area contributed by atoms with E-state index in [1.165, 1.54) is 18.0 Å². The maximum atomic E-state index is 12.4. The van der Waals surface area contributed by atoms with Crippen molar-refractivity contribution in [1.82, 2.24) is 19.4 Å². The Morgan fingerprint density at radius 2 is 1.79 bits per heavy atom. The zero-order valence-electron chi connectivity index (χ0n) is 15.0. The average Bonchev–Trinajstić information content (AvgIpc) is 3.14. The Morgan fingerprint density at radius 3 is 2.62 bits per heavy atom. The summed E-state index contributed by atoms with van der Waals surface area (Å²) in [6.07, 6.45) is 1.50. The number of fused-ring (bicyclic) bond motifs is 5. The van der Waals surface area contributed by atoms with E-state index in [2.05, 4.69) is 10.3 Å². The van der Waals surface area contributed by atoms with E-state index in [-0.39, 0.29) is 11.7 Å². The minimum Gasteiger partial charge on any atom is -0.310 e. The van der Waals surface area contributed by atoms with Crippen LogP contribution < -0.4 is 5.32 Å². The lowest BCUT2D eigenvalue weighted by atomic mass is 10.2. The molecule has 1 N–H and O–H groups in total. The molecule has 0 saturated carbocycles. The maximum absolute atomic E-state index is 12.4. The summed E-state index contributed by atoms with van der Waals surface area (Å²) in [4.78, 5) is 26.1. The highest BCUT2D eigenvalue weighted by Gasteiger charge is 2.15. The molecule has 0 saturated heterocycles. The van der Waals surface area contributed by atoms with Gasteiger partial charge in [-0.2, -0.15) is 0 Å². The average molecular weight is 420 g/mol. The second-order valence-electron chi connectivity index (χ2n) is 6.37. The predicted molar refractivity (Wildman–Crippen MR) is 117 cm³/mol. The Balaban J connectivity index is 1.51. The van der Waals surface area contributed by atoms with E-state index in [4.69, 9.17) is 21.6 Å². The Labute approximate surface area is 174 Å². The number of aromatic nitrogens is 4. The van der Waals surface area contributed by atoms with Crippen LogP contribution in [0.5, 0.6) is 0 Å². The molecule has 5 aromatic rings. The van der Waals surface area contributed by atoms with Crippen molar-refractivity contribution in [3.05, 3.63) is 71.9 Å². The lowest BCUT2D eigenvalue weighted by Crippen LogP contribution is -2.15. The number of thioether (sulfide) groups is 1. The van der Waals surface area contributed by atoms with Gasteiger partial charge in [-0.3, -0.25) is 9.20 Å². The summed E-state index contributed by atoms with van der Waals surface area (Å²) in [5, 5.41) is 4.98. The number of carbonyl (C=O) groups excluding carboxylic acids is 1. The zero-order chi connectivity index (χ0) is 19.8. The number of pyridine rings is 1. The highest BCUT2D eigenvalue weighted by atomic mass is 35.5. The number of nitrogens with zero attached hydrogens (tertiary/aromatic N) is 4. The normalized spacial score (nSPS) is 11.3. The van der Waals surface area contributed by atoms with E-state index in [1.54, 1.807) is 12.1 Å². The van der Waals surface area contributed by atoms with Crippen molar-refractivity contribution < 1.29 is 4.79 Å². The summed E-state index contributed by atoms with van der Waals surface area (Å²) >= 11 is 7.19. The molecule has 8 heteroatoms. The van der Waals surface area contributed by atoms with E-state index < -0.39 is 0 Å². The number of amides is 1. The van der Waals surface area contributed by atoms with Crippen molar-refractivity contribution in [3.63, 3.8) is 0 Å². The van der Waals surface area contributed by atoms with E-state index in [0.29, 0.717) is 16.0 Å². The smallest absolute Gasteiger partial charge is 0.236 e. The summed E-state index contributed by atoms with van der Waals surface area (Å²) in [6.45, 7) is 0. The SMILES string of the molecule is O=C(CSc1nc2ccccc2c2nc3ccccc3n12)Nc1ccc(Cl)cn1. The van der Waals surface area contributed by atoms with Crippen LogP contribution in [0.1, 0.15) is 0 Å². The fourth-order valence-corrected chi connectivity index (χ4v) is 4.09. The van der Waals surface area contributed by atoms with Gasteiger partial charge >= 0.3 is 0 Å². The van der Waals surface area contributed by atoms with Gasteiger partial charge in [-0.05, 0) is 36.4 Å². The van der Waals surface area contributed by atoms with Gasteiger partial charge in [0.1, 0.15) is 11.5 Å². The molecule has 0 fully saturated rings. The number of carbonyl (C=O) groups is 1. The summed E-state index contributed by atoms with van der Waals surface area (Å²) in [6, 6.07) is 19.2. The summed E-state index contributed by atoms with van der Waals surface area (Å²) < 4.78 is 2.01. The molecule has 6 nitrogen and oxygen atoms in total. The molecule has 0 unspecified atom stereocenters. The predicted octanol–water partition coefficient (Wildman–Crippen LogP) is 4.81. The second kappa shape index (κ2) is 7.35. The van der Waals surface area contributed by atoms with Crippen LogP contribution in [0.3, 0.4) is 0 Å². The third-order valence-corrected chi connectivity index (χ3v) is 5.60. The fourth-order valence-electron chi connectivity index (χ4n) is 3.17. The highest BCUT2D eigenvalue weighted by molar-refractivity contribution is 7.99. The molecule has 5 rings (SSSR count). The summed E-state index contributed by atoms with van der Waals surface area (Å²) in [5.41, 5.74) is 3.53. The Morgan fingerprint density at radius 1 is 1.00 bits per heavy atom. The first-order valence-electron chi connectivity index (χ1n) is 8.89. The summed E-state index contributed by atoms with van der Waals surface area (Å²) in [7, 11) is 0. The number of imidazole rings is 1. The quantitative estimate of drug-likeness (QED) is 0.334. The molecule has 2 aromatic carbocycles. The van der Waals surface area contributed by atoms with Crippen molar-refractivity contribution >= 4 is 62.7 Å². The van der Waals surface area contributed by atoms with Crippen molar-refractivity contribution in [2.45, 2.75) is 5.16 Å². The van der Waals surface area contributed by atoms with Crippen LogP contribution in [0.2, 0.25) is 5.02 Å². The van der Waals surface area contributed by atoms with Gasteiger partial charge in [0.25, 0.3) is 0 Å². The number of nitrogens with one attached hydrogen (secondary N) is 1. The van der Waals surface area contributed by atoms with Crippen LogP contribution in [0.4, 0.5) is 5.82 Å². The van der Waals surface area contributed by atoms with E-state index in [0.717, 1.165) is 27.6 Å². The third-order valence-electron chi connectivity index (χ3n) is 4.44. The van der Waals surface area contributed by atoms with Crippen LogP contribution in [-0.4, -0.2) is 31.0 Å². The lowest BCUT2D eigenvalue weighted by molar-refractivity contribution is -0.113. The fraction of sp³-hybridized carbons (Fsp3) is 0.0476. The minimum absolute atomic E-state index is 0.169. The van der Waals surface area contributed by atoms with Gasteiger partial charge in [0.2, 0.25) is 5.91 Å². The largest absolute Gasteiger partial charge is 0.310 e. The highest BCUT2D eigenvalue weighted by Crippen LogP contribution is 2.28. The number of benzene rings is 2.